The fourth-order valence-corrected chi connectivity index (χ4v) is 3.21. The number of sulfonamides is 1. The molecule has 6 heteroatoms. The van der Waals surface area contributed by atoms with E-state index in [1.54, 1.807) is 19.1 Å². The van der Waals surface area contributed by atoms with Crippen LogP contribution in [0.5, 0.6) is 0 Å². The van der Waals surface area contributed by atoms with Crippen LogP contribution in [0.3, 0.4) is 0 Å². The van der Waals surface area contributed by atoms with Crippen LogP contribution in [0.15, 0.2) is 23.1 Å². The molecule has 21 heavy (non-hydrogen) atoms. The van der Waals surface area contributed by atoms with E-state index >= 15 is 0 Å². The number of unbranched alkanes of at least 4 members (excludes halogenated alkanes) is 1. The average Bonchev–Trinajstić information content (AvgIpc) is 2.46. The van der Waals surface area contributed by atoms with Crippen LogP contribution in [0.25, 0.3) is 0 Å². The minimum atomic E-state index is -3.54. The van der Waals surface area contributed by atoms with E-state index < -0.39 is 10.0 Å². The molecule has 0 saturated carbocycles. The second kappa shape index (κ2) is 9.15. The Kier molecular flexibility index (Phi) is 7.88. The Morgan fingerprint density at radius 2 is 1.95 bits per heavy atom. The summed E-state index contributed by atoms with van der Waals surface area (Å²) < 4.78 is 32.4. The van der Waals surface area contributed by atoms with E-state index in [1.807, 2.05) is 0 Å². The molecule has 0 aliphatic heterocycles. The van der Waals surface area contributed by atoms with Gasteiger partial charge in [0.2, 0.25) is 10.0 Å². The van der Waals surface area contributed by atoms with Gasteiger partial charge in [-0.3, -0.25) is 0 Å². The van der Waals surface area contributed by atoms with Crippen molar-refractivity contribution < 1.29 is 18.3 Å². The van der Waals surface area contributed by atoms with Crippen molar-refractivity contribution >= 4 is 10.0 Å². The van der Waals surface area contributed by atoms with Gasteiger partial charge >= 0.3 is 0 Å². The summed E-state index contributed by atoms with van der Waals surface area (Å²) in [5.41, 5.74) is 1.25. The van der Waals surface area contributed by atoms with Crippen LogP contribution >= 0.6 is 0 Å². The highest BCUT2D eigenvalue weighted by molar-refractivity contribution is 7.89. The number of benzene rings is 1. The molecular weight excluding hydrogens is 290 g/mol. The van der Waals surface area contributed by atoms with Gasteiger partial charge in [0.1, 0.15) is 0 Å². The summed E-state index contributed by atoms with van der Waals surface area (Å²) in [7, 11) is -3.54. The van der Waals surface area contributed by atoms with Crippen molar-refractivity contribution in [3.63, 3.8) is 0 Å². The maximum atomic E-state index is 12.2. The summed E-state index contributed by atoms with van der Waals surface area (Å²) in [6, 6.07) is 4.93. The second-order valence-electron chi connectivity index (χ2n) is 4.98. The van der Waals surface area contributed by atoms with Crippen molar-refractivity contribution in [1.29, 1.82) is 0 Å². The smallest absolute Gasteiger partial charge is 0.240 e. The van der Waals surface area contributed by atoms with Gasteiger partial charge in [0.05, 0.1) is 11.5 Å². The van der Waals surface area contributed by atoms with Gasteiger partial charge in [-0.25, -0.2) is 13.1 Å². The molecule has 1 aromatic rings. The summed E-state index contributed by atoms with van der Waals surface area (Å²) in [5.74, 6) is 0. The Balaban J connectivity index is 2.50. The van der Waals surface area contributed by atoms with Crippen LogP contribution in [0.4, 0.5) is 0 Å². The molecule has 0 amide bonds. The normalized spacial score (nSPS) is 11.8. The molecule has 0 radical (unpaired) electrons. The number of hydrogen-bond acceptors (Lipinski definition) is 4. The van der Waals surface area contributed by atoms with E-state index in [1.165, 1.54) is 6.07 Å². The fourth-order valence-electron chi connectivity index (χ4n) is 1.84. The van der Waals surface area contributed by atoms with Crippen LogP contribution in [0.2, 0.25) is 0 Å². The molecule has 0 aromatic heterocycles. The highest BCUT2D eigenvalue weighted by Crippen LogP contribution is 2.17. The third kappa shape index (κ3) is 6.13. The first-order valence-corrected chi connectivity index (χ1v) is 8.77. The number of ether oxygens (including phenoxy) is 1. The summed E-state index contributed by atoms with van der Waals surface area (Å²) in [5, 5.41) is 9.10. The lowest BCUT2D eigenvalue weighted by Crippen LogP contribution is -2.26. The van der Waals surface area contributed by atoms with E-state index in [4.69, 9.17) is 9.84 Å². The van der Waals surface area contributed by atoms with Crippen LogP contribution in [-0.4, -0.2) is 33.3 Å². The minimum Gasteiger partial charge on any atom is -0.392 e. The van der Waals surface area contributed by atoms with E-state index in [2.05, 4.69) is 11.6 Å². The predicted molar refractivity (Wildman–Crippen MR) is 82.6 cm³/mol. The van der Waals surface area contributed by atoms with Gasteiger partial charge in [-0.15, -0.1) is 0 Å². The number of aryl methyl sites for hydroxylation is 1. The van der Waals surface area contributed by atoms with Crippen molar-refractivity contribution in [3.05, 3.63) is 29.3 Å². The Labute approximate surface area is 127 Å². The van der Waals surface area contributed by atoms with Gasteiger partial charge in [-0.2, -0.15) is 0 Å². The fraction of sp³-hybridized carbons (Fsp3) is 0.600. The maximum Gasteiger partial charge on any atom is 0.240 e. The molecule has 0 fully saturated rings. The van der Waals surface area contributed by atoms with Crippen LogP contribution < -0.4 is 4.72 Å². The first kappa shape index (κ1) is 18.1. The van der Waals surface area contributed by atoms with Gasteiger partial charge in [-0.1, -0.05) is 25.5 Å². The molecule has 0 aliphatic carbocycles. The highest BCUT2D eigenvalue weighted by atomic mass is 32.2. The molecule has 0 unspecified atom stereocenters. The average molecular weight is 315 g/mol. The highest BCUT2D eigenvalue weighted by Gasteiger charge is 2.16. The first-order chi connectivity index (χ1) is 10.0. The third-order valence-corrected chi connectivity index (χ3v) is 4.73. The SMILES string of the molecule is CCCCOCCCNS(=O)(=O)c1cc(CO)ccc1C. The molecule has 0 atom stereocenters. The zero-order valence-corrected chi connectivity index (χ0v) is 13.6. The predicted octanol–water partition coefficient (Wildman–Crippen LogP) is 1.97. The van der Waals surface area contributed by atoms with E-state index in [0.29, 0.717) is 30.7 Å². The maximum absolute atomic E-state index is 12.2. The first-order valence-electron chi connectivity index (χ1n) is 7.29. The molecule has 5 nitrogen and oxygen atoms in total. The van der Waals surface area contributed by atoms with Crippen molar-refractivity contribution in [2.45, 2.75) is 44.6 Å². The lowest BCUT2D eigenvalue weighted by molar-refractivity contribution is 0.130. The van der Waals surface area contributed by atoms with Crippen molar-refractivity contribution in [1.82, 2.24) is 4.72 Å². The van der Waals surface area contributed by atoms with Crippen molar-refractivity contribution in [2.24, 2.45) is 0 Å². The topological polar surface area (TPSA) is 75.6 Å². The molecule has 1 aromatic carbocycles. The summed E-state index contributed by atoms with van der Waals surface area (Å²) >= 11 is 0. The van der Waals surface area contributed by atoms with Crippen molar-refractivity contribution in [3.8, 4) is 0 Å². The molecule has 120 valence electrons. The molecular formula is C15H25NO4S. The van der Waals surface area contributed by atoms with Gasteiger partial charge in [0.15, 0.2) is 0 Å². The Bertz CT molecular complexity index is 528. The number of hydrogen-bond donors (Lipinski definition) is 2. The Hall–Kier alpha value is -0.950. The number of aliphatic hydroxyl groups is 1. The molecule has 0 saturated heterocycles. The van der Waals surface area contributed by atoms with E-state index in [0.717, 1.165) is 19.4 Å². The van der Waals surface area contributed by atoms with Crippen LogP contribution in [-0.2, 0) is 21.4 Å². The zero-order chi connectivity index (χ0) is 15.7. The van der Waals surface area contributed by atoms with Crippen molar-refractivity contribution in [2.75, 3.05) is 19.8 Å². The standard InChI is InChI=1S/C15H25NO4S/c1-3-4-9-20-10-5-8-16-21(18,19)15-11-14(12-17)7-6-13(15)2/h6-7,11,16-17H,3-5,8-10,12H2,1-2H3. The summed E-state index contributed by atoms with van der Waals surface area (Å²) in [6.07, 6.45) is 2.76. The molecule has 1 rings (SSSR count). The molecule has 2 N–H and O–H groups in total. The van der Waals surface area contributed by atoms with Gasteiger partial charge in [0, 0.05) is 19.8 Å². The summed E-state index contributed by atoms with van der Waals surface area (Å²) in [6.45, 7) is 5.29. The Morgan fingerprint density at radius 1 is 1.24 bits per heavy atom. The van der Waals surface area contributed by atoms with E-state index in [-0.39, 0.29) is 11.5 Å². The van der Waals surface area contributed by atoms with Crippen LogP contribution in [0, 0.1) is 6.92 Å². The van der Waals surface area contributed by atoms with Gasteiger partial charge in [-0.05, 0) is 37.0 Å². The molecule has 0 heterocycles. The lowest BCUT2D eigenvalue weighted by atomic mass is 10.2. The Morgan fingerprint density at radius 3 is 2.62 bits per heavy atom. The largest absolute Gasteiger partial charge is 0.392 e. The number of rotatable bonds is 10. The molecule has 0 bridgehead atoms. The minimum absolute atomic E-state index is 0.173. The number of aliphatic hydroxyl groups excluding tert-OH is 1. The lowest BCUT2D eigenvalue weighted by Gasteiger charge is -2.10. The van der Waals surface area contributed by atoms with Crippen LogP contribution in [0.1, 0.15) is 37.3 Å². The zero-order valence-electron chi connectivity index (χ0n) is 12.8. The second-order valence-corrected chi connectivity index (χ2v) is 6.71. The monoisotopic (exact) mass is 315 g/mol. The third-order valence-electron chi connectivity index (χ3n) is 3.12. The molecule has 0 spiro atoms. The summed E-state index contributed by atoms with van der Waals surface area (Å²) in [4.78, 5) is 0.223. The van der Waals surface area contributed by atoms with E-state index in [9.17, 15) is 8.42 Å². The van der Waals surface area contributed by atoms with Gasteiger partial charge in [0.25, 0.3) is 0 Å². The quantitative estimate of drug-likeness (QED) is 0.647. The number of nitrogens with one attached hydrogen (secondary N) is 1. The molecule has 0 aliphatic rings. The van der Waals surface area contributed by atoms with Gasteiger partial charge < -0.3 is 9.84 Å².